The number of carbonyl (C=O) groups is 2. The minimum Gasteiger partial charge on any atom is -0.457 e. The molecule has 1 aromatic rings. The number of esters is 1. The van der Waals surface area contributed by atoms with Crippen molar-refractivity contribution in [2.75, 3.05) is 18.1 Å². The van der Waals surface area contributed by atoms with E-state index in [-0.39, 0.29) is 6.61 Å². The third-order valence-corrected chi connectivity index (χ3v) is 2.63. The van der Waals surface area contributed by atoms with Crippen molar-refractivity contribution in [2.45, 2.75) is 13.3 Å². The summed E-state index contributed by atoms with van der Waals surface area (Å²) in [7, 11) is 0. The highest BCUT2D eigenvalue weighted by atomic mass is 16.5. The molecule has 0 atom stereocenters. The molecule has 0 N–H and O–H groups in total. The smallest absolute Gasteiger partial charge is 0.397 e. The molecule has 0 bridgehead atoms. The number of cyclic esters (lactones) is 1. The predicted molar refractivity (Wildman–Crippen MR) is 59.1 cm³/mol. The monoisotopic (exact) mass is 219 g/mol. The Hall–Kier alpha value is -1.84. The number of carbonyl (C=O) groups excluding carboxylic acids is 2. The van der Waals surface area contributed by atoms with Crippen LogP contribution in [0.1, 0.15) is 12.5 Å². The van der Waals surface area contributed by atoms with E-state index in [4.69, 9.17) is 0 Å². The van der Waals surface area contributed by atoms with Gasteiger partial charge < -0.3 is 4.74 Å². The molecule has 2 rings (SSSR count). The van der Waals surface area contributed by atoms with Gasteiger partial charge in [0.1, 0.15) is 6.61 Å². The zero-order chi connectivity index (χ0) is 11.5. The van der Waals surface area contributed by atoms with Crippen LogP contribution in [-0.2, 0) is 20.7 Å². The number of benzene rings is 1. The molecule has 84 valence electrons. The first-order valence-electron chi connectivity index (χ1n) is 5.30. The van der Waals surface area contributed by atoms with Crippen LogP contribution in [0.2, 0.25) is 0 Å². The van der Waals surface area contributed by atoms with Gasteiger partial charge in [-0.25, -0.2) is 4.79 Å². The summed E-state index contributed by atoms with van der Waals surface area (Å²) in [6.45, 7) is 2.72. The first kappa shape index (κ1) is 10.7. The molecule has 0 spiro atoms. The highest BCUT2D eigenvalue weighted by molar-refractivity contribution is 6.38. The molecule has 1 aliphatic rings. The number of para-hydroxylation sites is 1. The van der Waals surface area contributed by atoms with E-state index >= 15 is 0 Å². The quantitative estimate of drug-likeness (QED) is 0.553. The molecule has 4 heteroatoms. The molecule has 1 aromatic carbocycles. The summed E-state index contributed by atoms with van der Waals surface area (Å²) in [5.41, 5.74) is 1.87. The van der Waals surface area contributed by atoms with Gasteiger partial charge in [-0.3, -0.25) is 9.69 Å². The Labute approximate surface area is 93.8 Å². The van der Waals surface area contributed by atoms with E-state index in [1.165, 1.54) is 4.90 Å². The van der Waals surface area contributed by atoms with Gasteiger partial charge in [-0.2, -0.15) is 0 Å². The summed E-state index contributed by atoms with van der Waals surface area (Å²) in [5.74, 6) is -1.34. The number of anilines is 1. The molecule has 1 amide bonds. The number of hydrogen-bond acceptors (Lipinski definition) is 3. The molecular weight excluding hydrogens is 206 g/mol. The van der Waals surface area contributed by atoms with E-state index in [0.717, 1.165) is 17.7 Å². The topological polar surface area (TPSA) is 46.6 Å². The maximum Gasteiger partial charge on any atom is 0.397 e. The van der Waals surface area contributed by atoms with E-state index < -0.39 is 11.9 Å². The maximum absolute atomic E-state index is 11.6. The van der Waals surface area contributed by atoms with Crippen molar-refractivity contribution < 1.29 is 14.3 Å². The summed E-state index contributed by atoms with van der Waals surface area (Å²) in [4.78, 5) is 24.3. The summed E-state index contributed by atoms with van der Waals surface area (Å²) < 4.78 is 4.69. The molecule has 0 unspecified atom stereocenters. The molecule has 0 aromatic heterocycles. The van der Waals surface area contributed by atoms with Crippen LogP contribution in [0, 0.1) is 0 Å². The van der Waals surface area contributed by atoms with Gasteiger partial charge in [-0.15, -0.1) is 0 Å². The van der Waals surface area contributed by atoms with Crippen molar-refractivity contribution in [3.05, 3.63) is 29.8 Å². The van der Waals surface area contributed by atoms with Gasteiger partial charge in [0.2, 0.25) is 0 Å². The van der Waals surface area contributed by atoms with Crippen molar-refractivity contribution in [3.8, 4) is 0 Å². The van der Waals surface area contributed by atoms with Gasteiger partial charge in [0.05, 0.1) is 6.54 Å². The third kappa shape index (κ3) is 1.78. The largest absolute Gasteiger partial charge is 0.457 e. The molecule has 4 nitrogen and oxygen atoms in total. The van der Waals surface area contributed by atoms with Crippen LogP contribution in [0.4, 0.5) is 5.69 Å². The van der Waals surface area contributed by atoms with Gasteiger partial charge in [0, 0.05) is 5.69 Å². The van der Waals surface area contributed by atoms with Gasteiger partial charge >= 0.3 is 11.9 Å². The molecule has 0 aliphatic carbocycles. The average molecular weight is 219 g/mol. The van der Waals surface area contributed by atoms with Crippen LogP contribution in [0.25, 0.3) is 0 Å². The van der Waals surface area contributed by atoms with Crippen LogP contribution in [0.3, 0.4) is 0 Å². The third-order valence-electron chi connectivity index (χ3n) is 2.63. The van der Waals surface area contributed by atoms with Crippen molar-refractivity contribution in [1.29, 1.82) is 0 Å². The second-order valence-corrected chi connectivity index (χ2v) is 3.57. The molecule has 1 fully saturated rings. The number of morpholine rings is 1. The highest BCUT2D eigenvalue weighted by Crippen LogP contribution is 2.22. The second kappa shape index (κ2) is 4.35. The van der Waals surface area contributed by atoms with E-state index in [0.29, 0.717) is 6.54 Å². The maximum atomic E-state index is 11.6. The molecule has 1 saturated heterocycles. The number of hydrogen-bond donors (Lipinski definition) is 0. The lowest BCUT2D eigenvalue weighted by atomic mass is 10.1. The lowest BCUT2D eigenvalue weighted by Gasteiger charge is -2.27. The summed E-state index contributed by atoms with van der Waals surface area (Å²) >= 11 is 0. The average Bonchev–Trinajstić information content (AvgIpc) is 2.33. The highest BCUT2D eigenvalue weighted by Gasteiger charge is 2.30. The minimum absolute atomic E-state index is 0.266. The SMILES string of the molecule is CCc1ccccc1N1CCOC(=O)C1=O. The van der Waals surface area contributed by atoms with Gasteiger partial charge in [-0.1, -0.05) is 25.1 Å². The Kier molecular flexibility index (Phi) is 2.90. The minimum atomic E-state index is -0.767. The molecule has 16 heavy (non-hydrogen) atoms. The van der Waals surface area contributed by atoms with Crippen molar-refractivity contribution in [2.24, 2.45) is 0 Å². The number of amides is 1. The lowest BCUT2D eigenvalue weighted by Crippen LogP contribution is -2.45. The molecule has 0 saturated carbocycles. The van der Waals surface area contributed by atoms with Gasteiger partial charge in [-0.05, 0) is 18.1 Å². The van der Waals surface area contributed by atoms with Crippen LogP contribution in [-0.4, -0.2) is 25.0 Å². The summed E-state index contributed by atoms with van der Waals surface area (Å²) in [5, 5.41) is 0. The van der Waals surface area contributed by atoms with E-state index in [1.54, 1.807) is 0 Å². The molecule has 1 heterocycles. The first-order valence-corrected chi connectivity index (χ1v) is 5.30. The number of rotatable bonds is 2. The number of ether oxygens (including phenoxy) is 1. The molecule has 0 radical (unpaired) electrons. The van der Waals surface area contributed by atoms with Crippen LogP contribution < -0.4 is 4.90 Å². The van der Waals surface area contributed by atoms with Gasteiger partial charge in [0.15, 0.2) is 0 Å². The van der Waals surface area contributed by atoms with Crippen molar-refractivity contribution in [3.63, 3.8) is 0 Å². The van der Waals surface area contributed by atoms with Crippen LogP contribution >= 0.6 is 0 Å². The summed E-state index contributed by atoms with van der Waals surface area (Å²) in [6, 6.07) is 7.61. The fourth-order valence-electron chi connectivity index (χ4n) is 1.81. The van der Waals surface area contributed by atoms with Crippen LogP contribution in [0.15, 0.2) is 24.3 Å². The van der Waals surface area contributed by atoms with E-state index in [2.05, 4.69) is 4.74 Å². The Morgan fingerprint density at radius 3 is 2.81 bits per heavy atom. The van der Waals surface area contributed by atoms with Crippen molar-refractivity contribution >= 4 is 17.6 Å². The fraction of sp³-hybridized carbons (Fsp3) is 0.333. The summed E-state index contributed by atoms with van der Waals surface area (Å²) in [6.07, 6.45) is 0.828. The number of aryl methyl sites for hydroxylation is 1. The second-order valence-electron chi connectivity index (χ2n) is 3.57. The first-order chi connectivity index (χ1) is 7.74. The Bertz CT molecular complexity index is 428. The Morgan fingerprint density at radius 2 is 2.06 bits per heavy atom. The Balaban J connectivity index is 2.35. The zero-order valence-corrected chi connectivity index (χ0v) is 9.10. The van der Waals surface area contributed by atoms with E-state index in [1.807, 2.05) is 31.2 Å². The van der Waals surface area contributed by atoms with Gasteiger partial charge in [0.25, 0.3) is 0 Å². The number of nitrogens with zero attached hydrogens (tertiary/aromatic N) is 1. The molecule has 1 aliphatic heterocycles. The van der Waals surface area contributed by atoms with Crippen LogP contribution in [0.5, 0.6) is 0 Å². The fourth-order valence-corrected chi connectivity index (χ4v) is 1.81. The normalized spacial score (nSPS) is 16.2. The zero-order valence-electron chi connectivity index (χ0n) is 9.10. The Morgan fingerprint density at radius 1 is 1.31 bits per heavy atom. The van der Waals surface area contributed by atoms with Crippen molar-refractivity contribution in [1.82, 2.24) is 0 Å². The predicted octanol–water partition coefficient (Wildman–Crippen LogP) is 1.14. The standard InChI is InChI=1S/C12H13NO3/c1-2-9-5-3-4-6-10(9)13-7-8-16-12(15)11(13)14/h3-6H,2,7-8H2,1H3. The molecular formula is C12H13NO3. The lowest BCUT2D eigenvalue weighted by molar-refractivity contribution is -0.156. The van der Waals surface area contributed by atoms with E-state index in [9.17, 15) is 9.59 Å².